The van der Waals surface area contributed by atoms with Gasteiger partial charge in [-0.1, -0.05) is 0 Å². The van der Waals surface area contributed by atoms with Gasteiger partial charge in [0.1, 0.15) is 6.61 Å². The van der Waals surface area contributed by atoms with Gasteiger partial charge in [-0.15, -0.1) is 24.0 Å². The third-order valence-corrected chi connectivity index (χ3v) is 4.71. The number of pyridine rings is 1. The molecule has 0 amide bonds. The van der Waals surface area contributed by atoms with Crippen LogP contribution in [0.3, 0.4) is 0 Å². The standard InChI is InChI=1S/C20H29F3N4O3.HI/c1-3-24-19(27-16-8-5-14(6-9-16)18(28)29-4-2)25-11-12-30-17-10-7-15(13-26-17)20(21,22)23;/h7,10,13-14,16H,3-6,8-9,11-12H2,1-2H3,(H2,24,25,27);1H. The van der Waals surface area contributed by atoms with Crippen LogP contribution >= 0.6 is 24.0 Å². The van der Waals surface area contributed by atoms with Crippen molar-refractivity contribution in [3.8, 4) is 5.88 Å². The van der Waals surface area contributed by atoms with E-state index in [1.54, 1.807) is 0 Å². The van der Waals surface area contributed by atoms with Crippen molar-refractivity contribution in [1.29, 1.82) is 0 Å². The van der Waals surface area contributed by atoms with Gasteiger partial charge in [-0.05, 0) is 45.6 Å². The van der Waals surface area contributed by atoms with Crippen LogP contribution in [0.5, 0.6) is 5.88 Å². The Kier molecular flexibility index (Phi) is 11.9. The Morgan fingerprint density at radius 2 is 1.94 bits per heavy atom. The van der Waals surface area contributed by atoms with E-state index in [9.17, 15) is 18.0 Å². The summed E-state index contributed by atoms with van der Waals surface area (Å²) in [5.74, 6) is 0.604. The molecule has 1 aromatic heterocycles. The fraction of sp³-hybridized carbons (Fsp3) is 0.650. The zero-order valence-corrected chi connectivity index (χ0v) is 20.0. The molecule has 0 bridgehead atoms. The number of esters is 1. The molecule has 7 nitrogen and oxygen atoms in total. The molecule has 1 heterocycles. The highest BCUT2D eigenvalue weighted by Crippen LogP contribution is 2.29. The van der Waals surface area contributed by atoms with Gasteiger partial charge in [-0.3, -0.25) is 4.79 Å². The lowest BCUT2D eigenvalue weighted by molar-refractivity contribution is -0.149. The zero-order valence-electron chi connectivity index (χ0n) is 17.7. The van der Waals surface area contributed by atoms with E-state index in [0.29, 0.717) is 25.7 Å². The number of nitrogens with one attached hydrogen (secondary N) is 2. The lowest BCUT2D eigenvalue weighted by Gasteiger charge is -2.29. The molecule has 0 atom stereocenters. The second-order valence-electron chi connectivity index (χ2n) is 6.94. The maximum Gasteiger partial charge on any atom is 0.417 e. The number of ether oxygens (including phenoxy) is 2. The van der Waals surface area contributed by atoms with Gasteiger partial charge in [0, 0.05) is 24.8 Å². The van der Waals surface area contributed by atoms with E-state index in [1.165, 1.54) is 6.07 Å². The highest BCUT2D eigenvalue weighted by molar-refractivity contribution is 14.0. The van der Waals surface area contributed by atoms with Gasteiger partial charge < -0.3 is 20.1 Å². The van der Waals surface area contributed by atoms with Gasteiger partial charge in [0.05, 0.1) is 24.6 Å². The molecule has 1 aliphatic carbocycles. The molecule has 11 heteroatoms. The van der Waals surface area contributed by atoms with Gasteiger partial charge >= 0.3 is 12.1 Å². The molecule has 2 rings (SSSR count). The van der Waals surface area contributed by atoms with Crippen LogP contribution in [-0.2, 0) is 15.7 Å². The number of carbonyl (C=O) groups excluding carboxylic acids is 1. The largest absolute Gasteiger partial charge is 0.476 e. The van der Waals surface area contributed by atoms with Gasteiger partial charge in [-0.25, -0.2) is 9.98 Å². The molecule has 1 aromatic rings. The average Bonchev–Trinajstić information content (AvgIpc) is 2.71. The number of aromatic nitrogens is 1. The smallest absolute Gasteiger partial charge is 0.417 e. The molecule has 1 aliphatic rings. The van der Waals surface area contributed by atoms with Crippen LogP contribution in [0.25, 0.3) is 0 Å². The molecule has 1 fully saturated rings. The Labute approximate surface area is 197 Å². The average molecular weight is 558 g/mol. The lowest BCUT2D eigenvalue weighted by Crippen LogP contribution is -2.45. The molecule has 0 aliphatic heterocycles. The van der Waals surface area contributed by atoms with Crippen LogP contribution in [-0.4, -0.2) is 49.3 Å². The summed E-state index contributed by atoms with van der Waals surface area (Å²) in [7, 11) is 0. The monoisotopic (exact) mass is 558 g/mol. The summed E-state index contributed by atoms with van der Waals surface area (Å²) in [5, 5.41) is 6.52. The number of rotatable bonds is 8. The molecule has 0 saturated heterocycles. The first-order valence-electron chi connectivity index (χ1n) is 10.2. The summed E-state index contributed by atoms with van der Waals surface area (Å²) >= 11 is 0. The minimum Gasteiger partial charge on any atom is -0.476 e. The van der Waals surface area contributed by atoms with Gasteiger partial charge in [0.15, 0.2) is 5.96 Å². The van der Waals surface area contributed by atoms with Crippen LogP contribution in [0.1, 0.15) is 45.1 Å². The second-order valence-corrected chi connectivity index (χ2v) is 6.94. The molecular weight excluding hydrogens is 528 g/mol. The summed E-state index contributed by atoms with van der Waals surface area (Å²) in [6, 6.07) is 2.34. The van der Waals surface area contributed by atoms with Crippen molar-refractivity contribution in [2.45, 2.75) is 51.7 Å². The Bertz CT molecular complexity index is 694. The number of guanidine groups is 1. The molecule has 176 valence electrons. The number of aliphatic imine (C=N–C) groups is 1. The van der Waals surface area contributed by atoms with Crippen LogP contribution in [0, 0.1) is 5.92 Å². The van der Waals surface area contributed by atoms with E-state index in [2.05, 4.69) is 20.6 Å². The lowest BCUT2D eigenvalue weighted by atomic mass is 9.86. The fourth-order valence-corrected chi connectivity index (χ4v) is 3.19. The summed E-state index contributed by atoms with van der Waals surface area (Å²) in [4.78, 5) is 19.9. The quantitative estimate of drug-likeness (QED) is 0.166. The summed E-state index contributed by atoms with van der Waals surface area (Å²) < 4.78 is 48.1. The Balaban J connectivity index is 0.00000480. The first-order chi connectivity index (χ1) is 14.3. The molecule has 0 radical (unpaired) electrons. The SMILES string of the molecule is CCNC(=NCCOc1ccc(C(F)(F)F)cn1)NC1CCC(C(=O)OCC)CC1.I. The predicted octanol–water partition coefficient (Wildman–Crippen LogP) is 3.77. The molecule has 0 aromatic carbocycles. The Hall–Kier alpha value is -1.79. The van der Waals surface area contributed by atoms with Crippen molar-refractivity contribution in [2.24, 2.45) is 10.9 Å². The van der Waals surface area contributed by atoms with E-state index >= 15 is 0 Å². The zero-order chi connectivity index (χ0) is 22.0. The van der Waals surface area contributed by atoms with Gasteiger partial charge in [0.2, 0.25) is 5.88 Å². The summed E-state index contributed by atoms with van der Waals surface area (Å²) in [6.07, 6.45) is -0.425. The molecule has 31 heavy (non-hydrogen) atoms. The maximum atomic E-state index is 12.5. The highest BCUT2D eigenvalue weighted by atomic mass is 127. The van der Waals surface area contributed by atoms with Gasteiger partial charge in [0.25, 0.3) is 0 Å². The number of carbonyl (C=O) groups is 1. The third-order valence-electron chi connectivity index (χ3n) is 4.71. The second kappa shape index (κ2) is 13.6. The van der Waals surface area contributed by atoms with Crippen molar-refractivity contribution in [2.75, 3.05) is 26.3 Å². The first-order valence-corrected chi connectivity index (χ1v) is 10.2. The van der Waals surface area contributed by atoms with Crippen molar-refractivity contribution in [3.05, 3.63) is 23.9 Å². The topological polar surface area (TPSA) is 84.8 Å². The van der Waals surface area contributed by atoms with E-state index in [-0.39, 0.29) is 54.4 Å². The number of alkyl halides is 3. The van der Waals surface area contributed by atoms with E-state index in [1.807, 2.05) is 13.8 Å². The molecular formula is C20H30F3IN4O3. The number of hydrogen-bond acceptors (Lipinski definition) is 5. The molecule has 1 saturated carbocycles. The maximum absolute atomic E-state index is 12.5. The van der Waals surface area contributed by atoms with E-state index < -0.39 is 11.7 Å². The number of hydrogen-bond donors (Lipinski definition) is 2. The van der Waals surface area contributed by atoms with Crippen molar-refractivity contribution in [3.63, 3.8) is 0 Å². The Morgan fingerprint density at radius 3 is 2.48 bits per heavy atom. The van der Waals surface area contributed by atoms with Crippen LogP contribution in [0.2, 0.25) is 0 Å². The van der Waals surface area contributed by atoms with E-state index in [0.717, 1.165) is 37.9 Å². The normalized spacial score (nSPS) is 19.2. The number of halogens is 4. The van der Waals surface area contributed by atoms with Crippen molar-refractivity contribution in [1.82, 2.24) is 15.6 Å². The summed E-state index contributed by atoms with van der Waals surface area (Å²) in [5.41, 5.74) is -0.816. The fourth-order valence-electron chi connectivity index (χ4n) is 3.19. The minimum absolute atomic E-state index is 0. The third kappa shape index (κ3) is 9.48. The van der Waals surface area contributed by atoms with Crippen LogP contribution in [0.15, 0.2) is 23.3 Å². The van der Waals surface area contributed by atoms with Gasteiger partial charge in [-0.2, -0.15) is 13.2 Å². The first kappa shape index (κ1) is 27.2. The number of nitrogens with zero attached hydrogens (tertiary/aromatic N) is 2. The highest BCUT2D eigenvalue weighted by Gasteiger charge is 2.30. The summed E-state index contributed by atoms with van der Waals surface area (Å²) in [6.45, 7) is 5.35. The van der Waals surface area contributed by atoms with Crippen LogP contribution < -0.4 is 15.4 Å². The van der Waals surface area contributed by atoms with Crippen molar-refractivity contribution >= 4 is 35.9 Å². The molecule has 0 spiro atoms. The molecule has 2 N–H and O–H groups in total. The van der Waals surface area contributed by atoms with Crippen molar-refractivity contribution < 1.29 is 27.4 Å². The molecule has 0 unspecified atom stereocenters. The predicted molar refractivity (Wildman–Crippen MR) is 122 cm³/mol. The Morgan fingerprint density at radius 1 is 1.23 bits per heavy atom. The van der Waals surface area contributed by atoms with Crippen LogP contribution in [0.4, 0.5) is 13.2 Å². The van der Waals surface area contributed by atoms with E-state index in [4.69, 9.17) is 9.47 Å². The minimum atomic E-state index is -4.42.